The van der Waals surface area contributed by atoms with Crippen molar-refractivity contribution in [2.24, 2.45) is 10.9 Å². The standard InChI is InChI=1S/C19H30F3N3O3/c1-3-23-18(24-10-5-11-27-4-2)25-13-16(14-26)12-15-6-8-17(9-7-15)28-19(20,21)22/h6-9,16,26H,3-5,10-14H2,1-2H3,(H2,23,24,25). The summed E-state index contributed by atoms with van der Waals surface area (Å²) in [5.41, 5.74) is 0.804. The number of aliphatic imine (C=N–C) groups is 1. The number of halogens is 3. The van der Waals surface area contributed by atoms with Crippen LogP contribution in [0.4, 0.5) is 13.2 Å². The summed E-state index contributed by atoms with van der Waals surface area (Å²) in [7, 11) is 0. The summed E-state index contributed by atoms with van der Waals surface area (Å²) in [6.07, 6.45) is -3.35. The number of ether oxygens (including phenoxy) is 2. The van der Waals surface area contributed by atoms with Gasteiger partial charge in [0.25, 0.3) is 0 Å². The Morgan fingerprint density at radius 3 is 2.46 bits per heavy atom. The number of nitrogens with one attached hydrogen (secondary N) is 2. The van der Waals surface area contributed by atoms with Crippen molar-refractivity contribution in [2.75, 3.05) is 39.5 Å². The van der Waals surface area contributed by atoms with Gasteiger partial charge in [-0.3, -0.25) is 4.99 Å². The van der Waals surface area contributed by atoms with E-state index >= 15 is 0 Å². The molecule has 0 aliphatic rings. The summed E-state index contributed by atoms with van der Waals surface area (Å²) in [5.74, 6) is 0.250. The highest BCUT2D eigenvalue weighted by atomic mass is 19.4. The number of aliphatic hydroxyl groups is 1. The Balaban J connectivity index is 2.54. The van der Waals surface area contributed by atoms with Crippen molar-refractivity contribution in [3.63, 3.8) is 0 Å². The van der Waals surface area contributed by atoms with Gasteiger partial charge in [-0.05, 0) is 44.4 Å². The van der Waals surface area contributed by atoms with Crippen LogP contribution in [0.25, 0.3) is 0 Å². The maximum atomic E-state index is 12.2. The van der Waals surface area contributed by atoms with E-state index in [0.29, 0.717) is 38.7 Å². The predicted molar refractivity (Wildman–Crippen MR) is 102 cm³/mol. The SMILES string of the molecule is CCNC(=NCC(CO)Cc1ccc(OC(F)(F)F)cc1)NCCCOCC. The van der Waals surface area contributed by atoms with Crippen molar-refractivity contribution < 1.29 is 27.8 Å². The van der Waals surface area contributed by atoms with Crippen LogP contribution in [0.3, 0.4) is 0 Å². The predicted octanol–water partition coefficient (Wildman–Crippen LogP) is 2.72. The molecule has 1 unspecified atom stereocenters. The lowest BCUT2D eigenvalue weighted by Crippen LogP contribution is -2.38. The molecule has 9 heteroatoms. The average Bonchev–Trinajstić information content (AvgIpc) is 2.64. The van der Waals surface area contributed by atoms with Crippen LogP contribution in [-0.2, 0) is 11.2 Å². The molecule has 0 fully saturated rings. The number of benzene rings is 1. The van der Waals surface area contributed by atoms with Gasteiger partial charge in [-0.2, -0.15) is 0 Å². The highest BCUT2D eigenvalue weighted by molar-refractivity contribution is 5.79. The van der Waals surface area contributed by atoms with Crippen LogP contribution in [0.1, 0.15) is 25.8 Å². The van der Waals surface area contributed by atoms with Crippen molar-refractivity contribution in [2.45, 2.75) is 33.1 Å². The maximum absolute atomic E-state index is 12.2. The molecular formula is C19H30F3N3O3. The Bertz CT molecular complexity index is 566. The van der Waals surface area contributed by atoms with E-state index in [4.69, 9.17) is 4.74 Å². The molecule has 0 aliphatic heterocycles. The zero-order valence-corrected chi connectivity index (χ0v) is 16.4. The molecule has 0 saturated carbocycles. The third-order valence-electron chi connectivity index (χ3n) is 3.75. The van der Waals surface area contributed by atoms with Crippen LogP contribution in [0.15, 0.2) is 29.3 Å². The second kappa shape index (κ2) is 13.2. The third-order valence-corrected chi connectivity index (χ3v) is 3.75. The van der Waals surface area contributed by atoms with Crippen molar-refractivity contribution >= 4 is 5.96 Å². The fourth-order valence-electron chi connectivity index (χ4n) is 2.43. The second-order valence-electron chi connectivity index (χ2n) is 6.14. The Kier molecular flexibility index (Phi) is 11.4. The molecule has 1 atom stereocenters. The number of guanidine groups is 1. The largest absolute Gasteiger partial charge is 0.573 e. The minimum Gasteiger partial charge on any atom is -0.406 e. The van der Waals surface area contributed by atoms with Gasteiger partial charge in [0.2, 0.25) is 0 Å². The Hall–Kier alpha value is -2.00. The second-order valence-corrected chi connectivity index (χ2v) is 6.14. The summed E-state index contributed by atoms with van der Waals surface area (Å²) < 4.78 is 45.8. The molecule has 160 valence electrons. The molecule has 0 amide bonds. The number of alkyl halides is 3. The van der Waals surface area contributed by atoms with E-state index in [1.54, 1.807) is 12.1 Å². The van der Waals surface area contributed by atoms with Crippen LogP contribution in [0.2, 0.25) is 0 Å². The molecule has 0 heterocycles. The quantitative estimate of drug-likeness (QED) is 0.283. The topological polar surface area (TPSA) is 75.1 Å². The summed E-state index contributed by atoms with van der Waals surface area (Å²) in [6.45, 7) is 7.02. The van der Waals surface area contributed by atoms with E-state index in [1.807, 2.05) is 13.8 Å². The van der Waals surface area contributed by atoms with Crippen LogP contribution < -0.4 is 15.4 Å². The maximum Gasteiger partial charge on any atom is 0.573 e. The number of rotatable bonds is 12. The molecule has 1 aromatic rings. The zero-order valence-electron chi connectivity index (χ0n) is 16.4. The van der Waals surface area contributed by atoms with Gasteiger partial charge in [-0.25, -0.2) is 0 Å². The highest BCUT2D eigenvalue weighted by Crippen LogP contribution is 2.23. The van der Waals surface area contributed by atoms with Crippen molar-refractivity contribution in [1.82, 2.24) is 10.6 Å². The molecule has 0 aromatic heterocycles. The molecule has 1 aromatic carbocycles. The molecule has 0 radical (unpaired) electrons. The summed E-state index contributed by atoms with van der Waals surface area (Å²) >= 11 is 0. The third kappa shape index (κ3) is 11.0. The van der Waals surface area contributed by atoms with Gasteiger partial charge in [-0.1, -0.05) is 12.1 Å². The molecular weight excluding hydrogens is 375 g/mol. The number of hydrogen-bond acceptors (Lipinski definition) is 4. The molecule has 0 bridgehead atoms. The normalized spacial score (nSPS) is 13.3. The van der Waals surface area contributed by atoms with Gasteiger partial charge in [-0.15, -0.1) is 13.2 Å². The van der Waals surface area contributed by atoms with E-state index in [-0.39, 0.29) is 18.3 Å². The Morgan fingerprint density at radius 1 is 1.18 bits per heavy atom. The lowest BCUT2D eigenvalue weighted by Gasteiger charge is -2.15. The minimum absolute atomic E-state index is 0.0753. The van der Waals surface area contributed by atoms with Crippen molar-refractivity contribution in [1.29, 1.82) is 0 Å². The summed E-state index contributed by atoms with van der Waals surface area (Å²) in [4.78, 5) is 4.48. The van der Waals surface area contributed by atoms with Crippen LogP contribution in [-0.4, -0.2) is 56.9 Å². The number of aliphatic hydroxyl groups excluding tert-OH is 1. The zero-order chi connectivity index (χ0) is 20.8. The minimum atomic E-state index is -4.71. The van der Waals surface area contributed by atoms with Crippen molar-refractivity contribution in [3.05, 3.63) is 29.8 Å². The van der Waals surface area contributed by atoms with Gasteiger partial charge in [0.15, 0.2) is 5.96 Å². The number of nitrogens with zero attached hydrogens (tertiary/aromatic N) is 1. The molecule has 3 N–H and O–H groups in total. The van der Waals surface area contributed by atoms with Crippen LogP contribution >= 0.6 is 0 Å². The van der Waals surface area contributed by atoms with Crippen molar-refractivity contribution in [3.8, 4) is 5.75 Å². The molecule has 28 heavy (non-hydrogen) atoms. The first-order chi connectivity index (χ1) is 13.4. The highest BCUT2D eigenvalue weighted by Gasteiger charge is 2.30. The molecule has 0 spiro atoms. The average molecular weight is 405 g/mol. The van der Waals surface area contributed by atoms with Gasteiger partial charge < -0.3 is 25.2 Å². The van der Waals surface area contributed by atoms with E-state index in [2.05, 4.69) is 20.4 Å². The first kappa shape index (κ1) is 24.0. The molecule has 6 nitrogen and oxygen atoms in total. The molecule has 0 saturated heterocycles. The smallest absolute Gasteiger partial charge is 0.406 e. The summed E-state index contributed by atoms with van der Waals surface area (Å²) in [6, 6.07) is 5.66. The lowest BCUT2D eigenvalue weighted by molar-refractivity contribution is -0.274. The fourth-order valence-corrected chi connectivity index (χ4v) is 2.43. The Labute approximate surface area is 164 Å². The van der Waals surface area contributed by atoms with E-state index in [1.165, 1.54) is 12.1 Å². The fraction of sp³-hybridized carbons (Fsp3) is 0.632. The van der Waals surface area contributed by atoms with Gasteiger partial charge in [0.1, 0.15) is 5.75 Å². The van der Waals surface area contributed by atoms with E-state index in [9.17, 15) is 18.3 Å². The number of hydrogen-bond donors (Lipinski definition) is 3. The first-order valence-electron chi connectivity index (χ1n) is 9.43. The molecule has 0 aliphatic carbocycles. The monoisotopic (exact) mass is 405 g/mol. The molecule has 1 rings (SSSR count). The van der Waals surface area contributed by atoms with E-state index in [0.717, 1.165) is 18.5 Å². The van der Waals surface area contributed by atoms with Gasteiger partial charge in [0.05, 0.1) is 0 Å². The van der Waals surface area contributed by atoms with Gasteiger partial charge in [0, 0.05) is 45.4 Å². The van der Waals surface area contributed by atoms with Crippen LogP contribution in [0.5, 0.6) is 5.75 Å². The van der Waals surface area contributed by atoms with E-state index < -0.39 is 6.36 Å². The first-order valence-corrected chi connectivity index (χ1v) is 9.43. The van der Waals surface area contributed by atoms with Gasteiger partial charge >= 0.3 is 6.36 Å². The van der Waals surface area contributed by atoms with Crippen LogP contribution in [0, 0.1) is 5.92 Å². The Morgan fingerprint density at radius 2 is 1.89 bits per heavy atom. The summed E-state index contributed by atoms with van der Waals surface area (Å²) in [5, 5.41) is 16.0. The lowest BCUT2D eigenvalue weighted by atomic mass is 10.0.